The molecule has 0 aromatic rings. The Balaban J connectivity index is 2.40. The van der Waals surface area contributed by atoms with Gasteiger partial charge < -0.3 is 59.0 Å². The Kier molecular flexibility index (Phi) is 47.6. The third kappa shape index (κ3) is 40.1. The molecule has 0 bridgehead atoms. The normalized spacial score (nSPS) is 23.1. The highest BCUT2D eigenvalue weighted by atomic mass is 31.2. The van der Waals surface area contributed by atoms with Crippen LogP contribution in [0.25, 0.3) is 0 Å². The number of rotatable bonds is 57. The number of hydrogen-bond donors (Lipinski definition) is 7. The van der Waals surface area contributed by atoms with E-state index in [0.717, 1.165) is 148 Å². The van der Waals surface area contributed by atoms with Gasteiger partial charge in [0.15, 0.2) is 12.6 Å². The van der Waals surface area contributed by atoms with Gasteiger partial charge in [0.05, 0.1) is 19.1 Å². The summed E-state index contributed by atoms with van der Waals surface area (Å²) in [7, 11) is -10.5. The van der Waals surface area contributed by atoms with Crippen LogP contribution in [0.2, 0.25) is 0 Å². The Morgan fingerprint density at radius 2 is 0.908 bits per heavy atom. The highest BCUT2D eigenvalue weighted by Crippen LogP contribution is 2.44. The van der Waals surface area contributed by atoms with E-state index in [1.54, 1.807) is 6.92 Å². The summed E-state index contributed by atoms with van der Waals surface area (Å²) in [5.41, 5.74) is 0. The van der Waals surface area contributed by atoms with Gasteiger partial charge in [0.25, 0.3) is 0 Å². The summed E-state index contributed by atoms with van der Waals surface area (Å²) < 4.78 is 68.0. The van der Waals surface area contributed by atoms with Crippen molar-refractivity contribution >= 4 is 33.2 Å². The first-order chi connectivity index (χ1) is 41.9. The van der Waals surface area contributed by atoms with Gasteiger partial charge in [0.1, 0.15) is 48.4 Å². The molecule has 0 aromatic heterocycles. The van der Waals surface area contributed by atoms with Crippen molar-refractivity contribution in [2.24, 2.45) is 5.92 Å². The highest BCUT2D eigenvalue weighted by molar-refractivity contribution is 7.46. The summed E-state index contributed by atoms with van der Waals surface area (Å²) in [5.74, 6) is -1.18. The molecule has 2 aliphatic heterocycles. The van der Waals surface area contributed by atoms with Crippen LogP contribution in [0.3, 0.4) is 0 Å². The highest BCUT2D eigenvalue weighted by Gasteiger charge is 2.53. The van der Waals surface area contributed by atoms with Crippen molar-refractivity contribution in [1.29, 1.82) is 0 Å². The van der Waals surface area contributed by atoms with E-state index in [0.29, 0.717) is 25.7 Å². The van der Waals surface area contributed by atoms with E-state index in [4.69, 9.17) is 32.7 Å². The number of aliphatic hydroxyl groups is 1. The van der Waals surface area contributed by atoms with Gasteiger partial charge in [-0.05, 0) is 63.7 Å². The summed E-state index contributed by atoms with van der Waals surface area (Å²) in [5, 5.41) is 17.9. The largest absolute Gasteiger partial charge is 0.472 e. The van der Waals surface area contributed by atoms with Gasteiger partial charge >= 0.3 is 15.6 Å². The third-order valence-electron chi connectivity index (χ3n) is 16.9. The molecule has 0 unspecified atom stereocenters. The van der Waals surface area contributed by atoms with Crippen LogP contribution in [0.1, 0.15) is 305 Å². The van der Waals surface area contributed by atoms with E-state index in [1.165, 1.54) is 64.2 Å². The number of ether oxygens (including phenoxy) is 5. The van der Waals surface area contributed by atoms with E-state index < -0.39 is 95.9 Å². The van der Waals surface area contributed by atoms with E-state index in [1.807, 2.05) is 0 Å². The molecular weight excluding hydrogens is 1150 g/mol. The molecule has 512 valence electrons. The van der Waals surface area contributed by atoms with E-state index in [2.05, 4.69) is 57.4 Å². The average molecular weight is 1280 g/mol. The van der Waals surface area contributed by atoms with Crippen molar-refractivity contribution in [2.75, 3.05) is 19.8 Å². The zero-order valence-corrected chi connectivity index (χ0v) is 56.9. The molecule has 87 heavy (non-hydrogen) atoms. The summed E-state index contributed by atoms with van der Waals surface area (Å²) in [6, 6.07) is -2.71. The summed E-state index contributed by atoms with van der Waals surface area (Å²) >= 11 is 0. The maximum atomic E-state index is 14.1. The molecule has 0 spiro atoms. The fourth-order valence-electron chi connectivity index (χ4n) is 11.7. The monoisotopic (exact) mass is 1280 g/mol. The van der Waals surface area contributed by atoms with Crippen molar-refractivity contribution < 1.29 is 80.9 Å². The topological polar surface area (TPSA) is 275 Å². The van der Waals surface area contributed by atoms with Gasteiger partial charge in [0, 0.05) is 26.1 Å². The first-order valence-electron chi connectivity index (χ1n) is 34.9. The molecule has 21 heteroatoms. The minimum Gasteiger partial charge on any atom is -0.388 e. The number of hydrogen-bond acceptors (Lipinski definition) is 13. The zero-order chi connectivity index (χ0) is 64.0. The number of phosphoric ester groups is 2. The predicted octanol–water partition coefficient (Wildman–Crippen LogP) is 15.0. The quantitative estimate of drug-likeness (QED) is 0.0129. The third-order valence-corrected chi connectivity index (χ3v) is 17.9. The first kappa shape index (κ1) is 81.4. The van der Waals surface area contributed by atoms with Gasteiger partial charge in [0.2, 0.25) is 11.8 Å². The van der Waals surface area contributed by atoms with Gasteiger partial charge in [-0.1, -0.05) is 240 Å². The summed E-state index contributed by atoms with van der Waals surface area (Å²) in [6.45, 7) is 12.3. The molecule has 7 N–H and O–H groups in total. The molecule has 2 fully saturated rings. The second-order valence-electron chi connectivity index (χ2n) is 25.0. The molecule has 2 rings (SSSR count). The van der Waals surface area contributed by atoms with Crippen LogP contribution < -0.4 is 10.6 Å². The van der Waals surface area contributed by atoms with Crippen LogP contribution in [0, 0.1) is 5.92 Å². The maximum Gasteiger partial charge on any atom is 0.472 e. The van der Waals surface area contributed by atoms with Crippen molar-refractivity contribution in [1.82, 2.24) is 10.6 Å². The molecule has 11 atom stereocenters. The van der Waals surface area contributed by atoms with Crippen molar-refractivity contribution in [3.8, 4) is 0 Å². The molecular formula is C66H126N2O17P2. The molecule has 2 amide bonds. The number of ketones is 1. The number of Topliss-reactive ketones (excluding diaryl/α,β-unsaturated/α-hetero) is 1. The van der Waals surface area contributed by atoms with Crippen LogP contribution in [0.5, 0.6) is 0 Å². The first-order valence-corrected chi connectivity index (χ1v) is 38.0. The molecule has 0 aromatic carbocycles. The van der Waals surface area contributed by atoms with E-state index in [9.17, 15) is 48.2 Å². The van der Waals surface area contributed by atoms with Crippen LogP contribution in [0.4, 0.5) is 0 Å². The Hall–Kier alpha value is -1.67. The SMILES string of the molecule is CCCCCC/C=C\CCCCCCCCCC(=O)N[C@H]1[C@H](OC[C@H]2O[C@H](OP(=O)(O)O)[C@H](NC(=O)CC(=O)CCCCCCCCCCC)[C@@H](OCCCCCCCCCC)[C@@H]2O)O[C@H](CC)[C@@H](OP(=O)(O)O)[C@@H]1OCC[C@H](C)CCCCCCC. The minimum atomic E-state index is -5.36. The number of allylic oxidation sites excluding steroid dienone is 2. The zero-order valence-electron chi connectivity index (χ0n) is 55.1. The Morgan fingerprint density at radius 1 is 0.471 bits per heavy atom. The maximum absolute atomic E-state index is 14.1. The minimum absolute atomic E-state index is 0.101. The Bertz CT molecular complexity index is 1860. The lowest BCUT2D eigenvalue weighted by molar-refractivity contribution is -0.297. The van der Waals surface area contributed by atoms with Crippen molar-refractivity contribution in [3.05, 3.63) is 12.2 Å². The van der Waals surface area contributed by atoms with Crippen molar-refractivity contribution in [3.63, 3.8) is 0 Å². The smallest absolute Gasteiger partial charge is 0.388 e. The van der Waals surface area contributed by atoms with Gasteiger partial charge in [-0.25, -0.2) is 9.13 Å². The lowest BCUT2D eigenvalue weighted by Crippen LogP contribution is -2.67. The number of carbonyl (C=O) groups excluding carboxylic acids is 3. The van der Waals surface area contributed by atoms with Gasteiger partial charge in [-0.3, -0.25) is 23.4 Å². The van der Waals surface area contributed by atoms with Crippen LogP contribution >= 0.6 is 15.6 Å². The second-order valence-corrected chi connectivity index (χ2v) is 27.4. The van der Waals surface area contributed by atoms with Crippen LogP contribution in [-0.4, -0.2) is 123 Å². The molecule has 19 nitrogen and oxygen atoms in total. The molecule has 0 saturated carbocycles. The fraction of sp³-hybridized carbons (Fsp3) is 0.924. The predicted molar refractivity (Wildman–Crippen MR) is 344 cm³/mol. The number of amides is 2. The molecule has 2 saturated heterocycles. The van der Waals surface area contributed by atoms with Crippen molar-refractivity contribution in [2.45, 2.75) is 366 Å². The number of carbonyl (C=O) groups is 3. The average Bonchev–Trinajstić information content (AvgIpc) is 1.08. The van der Waals surface area contributed by atoms with E-state index >= 15 is 0 Å². The lowest BCUT2D eigenvalue weighted by Gasteiger charge is -2.47. The molecule has 2 aliphatic rings. The second kappa shape index (κ2) is 50.8. The van der Waals surface area contributed by atoms with Gasteiger partial charge in [-0.2, -0.15) is 0 Å². The van der Waals surface area contributed by atoms with Crippen LogP contribution in [0.15, 0.2) is 12.2 Å². The lowest BCUT2D eigenvalue weighted by atomic mass is 9.94. The Morgan fingerprint density at radius 3 is 1.44 bits per heavy atom. The van der Waals surface area contributed by atoms with E-state index in [-0.39, 0.29) is 50.1 Å². The molecule has 2 heterocycles. The summed E-state index contributed by atoms with van der Waals surface area (Å²) in [6.07, 6.45) is 32.0. The number of nitrogens with one attached hydrogen (secondary N) is 2. The molecule has 0 radical (unpaired) electrons. The fourth-order valence-corrected chi connectivity index (χ4v) is 12.7. The van der Waals surface area contributed by atoms with Gasteiger partial charge in [-0.15, -0.1) is 0 Å². The summed E-state index contributed by atoms with van der Waals surface area (Å²) in [4.78, 5) is 81.9. The Labute approximate surface area is 526 Å². The van der Waals surface area contributed by atoms with Crippen LogP contribution in [-0.2, 0) is 56.2 Å². The molecule has 0 aliphatic carbocycles. The number of aliphatic hydroxyl groups excluding tert-OH is 1. The number of phosphoric acid groups is 2. The standard InChI is InChI=1S/C66H126N2O17P2/c1-7-12-16-20-23-26-27-28-29-30-31-33-35-39-43-47-57(70)67-60-64(80-50-48-53(6)45-41-37-19-15-10-4)62(84-86(73,74)75)55(11-5)82-65(60)81-52-56-61(72)63(79-49-44-40-36-25-22-18-14-9-3)59(66(83-56)85-87(76,77)78)68-58(71)51-54(69)46-42-38-34-32-24-21-17-13-8-2/h26-27,53,55-56,59-66,72H,7-25,28-52H2,1-6H3,(H,67,70)(H,68,71)(H2,73,74,75)(H2,76,77,78)/b27-26-/t53-,55-,56-,59-,60-,61-,62-,63-,64-,65-,66-/m1/s1. The number of unbranched alkanes of at least 4 members (excludes halogenated alkanes) is 30.